The van der Waals surface area contributed by atoms with Crippen molar-refractivity contribution < 1.29 is 14.3 Å². The minimum absolute atomic E-state index is 0.0440. The fourth-order valence-corrected chi connectivity index (χ4v) is 2.03. The minimum atomic E-state index is -0.445. The van der Waals surface area contributed by atoms with Crippen molar-refractivity contribution in [3.63, 3.8) is 0 Å². The molecule has 6 nitrogen and oxygen atoms in total. The van der Waals surface area contributed by atoms with E-state index in [0.29, 0.717) is 22.9 Å². The first-order chi connectivity index (χ1) is 10.1. The van der Waals surface area contributed by atoms with Gasteiger partial charge in [0.25, 0.3) is 5.56 Å². The molecule has 2 rings (SSSR count). The summed E-state index contributed by atoms with van der Waals surface area (Å²) in [6, 6.07) is 6.89. The molecule has 0 saturated heterocycles. The molecule has 0 unspecified atom stereocenters. The van der Waals surface area contributed by atoms with Gasteiger partial charge in [0.05, 0.1) is 24.6 Å². The summed E-state index contributed by atoms with van der Waals surface area (Å²) in [5.41, 5.74) is 0.0990. The average molecular weight is 288 g/mol. The summed E-state index contributed by atoms with van der Waals surface area (Å²) in [6.45, 7) is 1.64. The van der Waals surface area contributed by atoms with Crippen molar-refractivity contribution in [2.75, 3.05) is 7.11 Å². The van der Waals surface area contributed by atoms with E-state index in [0.717, 1.165) is 4.68 Å². The van der Waals surface area contributed by atoms with Crippen LogP contribution in [0.5, 0.6) is 0 Å². The number of esters is 1. The van der Waals surface area contributed by atoms with Crippen molar-refractivity contribution in [3.05, 3.63) is 40.3 Å². The van der Waals surface area contributed by atoms with Gasteiger partial charge in [-0.25, -0.2) is 4.68 Å². The molecule has 21 heavy (non-hydrogen) atoms. The molecular weight excluding hydrogens is 272 g/mol. The Morgan fingerprint density at radius 2 is 1.90 bits per heavy atom. The number of nitrogens with zero attached hydrogens (tertiary/aromatic N) is 2. The zero-order chi connectivity index (χ0) is 15.4. The number of rotatable bonds is 5. The Kier molecular flexibility index (Phi) is 4.47. The second kappa shape index (κ2) is 6.30. The first-order valence-electron chi connectivity index (χ1n) is 6.64. The number of carbonyl (C=O) groups is 2. The van der Waals surface area contributed by atoms with Gasteiger partial charge in [-0.05, 0) is 6.07 Å². The van der Waals surface area contributed by atoms with Gasteiger partial charge in [-0.3, -0.25) is 14.4 Å². The lowest BCUT2D eigenvalue weighted by molar-refractivity contribution is -0.139. The largest absolute Gasteiger partial charge is 0.469 e. The van der Waals surface area contributed by atoms with Gasteiger partial charge in [0.2, 0.25) is 0 Å². The number of ether oxygens (including phenoxy) is 1. The Morgan fingerprint density at radius 1 is 1.24 bits per heavy atom. The van der Waals surface area contributed by atoms with Crippen LogP contribution in [0.25, 0.3) is 10.8 Å². The van der Waals surface area contributed by atoms with Gasteiger partial charge in [-0.2, -0.15) is 5.10 Å². The van der Waals surface area contributed by atoms with Gasteiger partial charge in [0.15, 0.2) is 5.78 Å². The Labute approximate surface area is 121 Å². The minimum Gasteiger partial charge on any atom is -0.469 e. The van der Waals surface area contributed by atoms with Crippen molar-refractivity contribution in [3.8, 4) is 0 Å². The van der Waals surface area contributed by atoms with Crippen LogP contribution < -0.4 is 5.56 Å². The number of benzene rings is 1. The van der Waals surface area contributed by atoms with Crippen LogP contribution in [0.1, 0.15) is 19.0 Å². The highest BCUT2D eigenvalue weighted by Crippen LogP contribution is 2.14. The fraction of sp³-hybridized carbons (Fsp3) is 0.333. The van der Waals surface area contributed by atoms with E-state index in [4.69, 9.17) is 0 Å². The van der Waals surface area contributed by atoms with E-state index in [-0.39, 0.29) is 24.3 Å². The summed E-state index contributed by atoms with van der Waals surface area (Å²) in [7, 11) is 1.29. The number of hydrogen-bond acceptors (Lipinski definition) is 5. The molecule has 0 fully saturated rings. The Morgan fingerprint density at radius 3 is 2.52 bits per heavy atom. The number of aromatic nitrogens is 2. The van der Waals surface area contributed by atoms with Crippen LogP contribution in [0.3, 0.4) is 0 Å². The highest BCUT2D eigenvalue weighted by atomic mass is 16.5. The number of ketones is 1. The van der Waals surface area contributed by atoms with Crippen LogP contribution in [0.4, 0.5) is 0 Å². The molecule has 1 aromatic heterocycles. The quantitative estimate of drug-likeness (QED) is 0.770. The number of carbonyl (C=O) groups excluding carboxylic acids is 2. The standard InChI is InChI=1S/C15H16N2O4/c1-3-10(18)9-17-15(20)12-7-5-4-6-11(12)13(16-17)8-14(19)21-2/h4-7H,3,8-9H2,1-2H3. The molecule has 0 aliphatic rings. The Balaban J connectivity index is 2.60. The summed E-state index contributed by atoms with van der Waals surface area (Å²) < 4.78 is 5.76. The summed E-state index contributed by atoms with van der Waals surface area (Å²) >= 11 is 0. The van der Waals surface area contributed by atoms with E-state index in [1.54, 1.807) is 31.2 Å². The van der Waals surface area contributed by atoms with Gasteiger partial charge >= 0.3 is 5.97 Å². The fourth-order valence-electron chi connectivity index (χ4n) is 2.03. The normalized spacial score (nSPS) is 10.6. The van der Waals surface area contributed by atoms with Gasteiger partial charge in [0.1, 0.15) is 6.54 Å². The number of hydrogen-bond donors (Lipinski definition) is 0. The van der Waals surface area contributed by atoms with Crippen molar-refractivity contribution >= 4 is 22.5 Å². The second-order valence-corrected chi connectivity index (χ2v) is 4.60. The molecule has 1 aromatic carbocycles. The van der Waals surface area contributed by atoms with Crippen LogP contribution in [0, 0.1) is 0 Å². The van der Waals surface area contributed by atoms with Crippen molar-refractivity contribution in [1.82, 2.24) is 9.78 Å². The lowest BCUT2D eigenvalue weighted by atomic mass is 10.1. The van der Waals surface area contributed by atoms with Crippen LogP contribution in [0.15, 0.2) is 29.1 Å². The van der Waals surface area contributed by atoms with Crippen molar-refractivity contribution in [2.45, 2.75) is 26.3 Å². The summed E-state index contributed by atoms with van der Waals surface area (Å²) in [4.78, 5) is 35.4. The predicted molar refractivity (Wildman–Crippen MR) is 77.0 cm³/mol. The summed E-state index contributed by atoms with van der Waals surface area (Å²) in [5.74, 6) is -0.538. The van der Waals surface area contributed by atoms with Gasteiger partial charge < -0.3 is 4.74 Å². The zero-order valence-electron chi connectivity index (χ0n) is 12.0. The SMILES string of the molecule is CCC(=O)Cn1nc(CC(=O)OC)c2ccccc2c1=O. The number of fused-ring (bicyclic) bond motifs is 1. The van der Waals surface area contributed by atoms with Crippen LogP contribution in [0.2, 0.25) is 0 Å². The van der Waals surface area contributed by atoms with Crippen molar-refractivity contribution in [1.29, 1.82) is 0 Å². The van der Waals surface area contributed by atoms with E-state index in [2.05, 4.69) is 9.84 Å². The molecule has 0 atom stereocenters. The number of methoxy groups -OCH3 is 1. The third kappa shape index (κ3) is 3.16. The molecule has 0 aliphatic heterocycles. The molecule has 110 valence electrons. The van der Waals surface area contributed by atoms with E-state index in [9.17, 15) is 14.4 Å². The Bertz CT molecular complexity index is 749. The van der Waals surface area contributed by atoms with Crippen LogP contribution in [-0.2, 0) is 27.3 Å². The molecule has 0 saturated carbocycles. The Hall–Kier alpha value is -2.50. The van der Waals surface area contributed by atoms with Gasteiger partial charge in [0, 0.05) is 11.8 Å². The lowest BCUT2D eigenvalue weighted by Gasteiger charge is -2.09. The zero-order valence-corrected chi connectivity index (χ0v) is 12.0. The van der Waals surface area contributed by atoms with Gasteiger partial charge in [-0.1, -0.05) is 25.1 Å². The third-order valence-corrected chi connectivity index (χ3v) is 3.20. The van der Waals surface area contributed by atoms with Crippen molar-refractivity contribution in [2.24, 2.45) is 0 Å². The maximum Gasteiger partial charge on any atom is 0.311 e. The maximum absolute atomic E-state index is 12.3. The third-order valence-electron chi connectivity index (χ3n) is 3.20. The van der Waals surface area contributed by atoms with Crippen LogP contribution >= 0.6 is 0 Å². The van der Waals surface area contributed by atoms with E-state index < -0.39 is 5.97 Å². The molecule has 0 aliphatic carbocycles. The first kappa shape index (κ1) is 14.9. The van der Waals surface area contributed by atoms with Crippen LogP contribution in [-0.4, -0.2) is 28.6 Å². The van der Waals surface area contributed by atoms with E-state index in [1.165, 1.54) is 7.11 Å². The molecule has 0 amide bonds. The van der Waals surface area contributed by atoms with E-state index >= 15 is 0 Å². The average Bonchev–Trinajstić information content (AvgIpc) is 2.51. The molecule has 0 spiro atoms. The predicted octanol–water partition coefficient (Wildman–Crippen LogP) is 1.09. The topological polar surface area (TPSA) is 78.3 Å². The molecule has 0 N–H and O–H groups in total. The summed E-state index contributed by atoms with van der Waals surface area (Å²) in [5, 5.41) is 5.20. The van der Waals surface area contributed by atoms with Gasteiger partial charge in [-0.15, -0.1) is 0 Å². The monoisotopic (exact) mass is 288 g/mol. The molecule has 0 radical (unpaired) electrons. The highest BCUT2D eigenvalue weighted by Gasteiger charge is 2.14. The maximum atomic E-state index is 12.3. The molecule has 0 bridgehead atoms. The first-order valence-corrected chi connectivity index (χ1v) is 6.64. The second-order valence-electron chi connectivity index (χ2n) is 4.60. The smallest absolute Gasteiger partial charge is 0.311 e. The molecule has 2 aromatic rings. The highest BCUT2D eigenvalue weighted by molar-refractivity contribution is 5.87. The molecular formula is C15H16N2O4. The lowest BCUT2D eigenvalue weighted by Crippen LogP contribution is -2.28. The molecule has 1 heterocycles. The number of Topliss-reactive ketones (excluding diaryl/α,β-unsaturated/α-hetero) is 1. The van der Waals surface area contributed by atoms with E-state index in [1.807, 2.05) is 0 Å². The summed E-state index contributed by atoms with van der Waals surface area (Å²) in [6.07, 6.45) is 0.283. The molecule has 6 heteroatoms.